The number of amides is 2. The van der Waals surface area contributed by atoms with Crippen LogP contribution in [0.15, 0.2) is 72.8 Å². The Hall–Kier alpha value is -3.58. The van der Waals surface area contributed by atoms with Gasteiger partial charge in [-0.25, -0.2) is 4.39 Å². The van der Waals surface area contributed by atoms with E-state index in [1.54, 1.807) is 36.4 Å². The molecular weight excluding hydrogens is 425 g/mol. The molecule has 0 aliphatic heterocycles. The Kier molecular flexibility index (Phi) is 7.00. The van der Waals surface area contributed by atoms with Crippen molar-refractivity contribution in [1.29, 1.82) is 0 Å². The van der Waals surface area contributed by atoms with Gasteiger partial charge in [-0.15, -0.1) is 0 Å². The molecule has 0 bridgehead atoms. The molecule has 0 atom stereocenters. The maximum Gasteiger partial charge on any atom is 0.257 e. The van der Waals surface area contributed by atoms with Crippen LogP contribution in [0, 0.1) is 5.82 Å². The van der Waals surface area contributed by atoms with Crippen molar-refractivity contribution in [2.45, 2.75) is 26.2 Å². The molecule has 164 valence electrons. The first kappa shape index (κ1) is 23.1. The van der Waals surface area contributed by atoms with E-state index in [1.165, 1.54) is 24.3 Å². The largest absolute Gasteiger partial charge is 0.332 e. The van der Waals surface area contributed by atoms with Crippen molar-refractivity contribution < 1.29 is 14.0 Å². The molecule has 5 nitrogen and oxygen atoms in total. The Balaban J connectivity index is 1.61. The SMILES string of the molecule is CC(C)(C)c1ccc(C(=O)Nc2cccc(NC(=S)NC(=O)c3ccc(F)cc3)c2)cc1. The Morgan fingerprint density at radius 3 is 1.91 bits per heavy atom. The minimum atomic E-state index is -0.453. The number of nitrogens with one attached hydrogen (secondary N) is 3. The standard InChI is InChI=1S/C25H24FN3O2S/c1-25(2,3)18-11-7-16(8-12-18)22(30)27-20-5-4-6-21(15-20)28-24(32)29-23(31)17-9-13-19(26)14-10-17/h4-15H,1-3H3,(H,27,30)(H2,28,29,31,32). The highest BCUT2D eigenvalue weighted by molar-refractivity contribution is 7.80. The zero-order valence-corrected chi connectivity index (χ0v) is 18.8. The molecule has 0 saturated carbocycles. The van der Waals surface area contributed by atoms with E-state index in [1.807, 2.05) is 12.1 Å². The molecule has 32 heavy (non-hydrogen) atoms. The lowest BCUT2D eigenvalue weighted by atomic mass is 9.87. The second-order valence-corrected chi connectivity index (χ2v) is 8.69. The predicted molar refractivity (Wildman–Crippen MR) is 130 cm³/mol. The highest BCUT2D eigenvalue weighted by Crippen LogP contribution is 2.23. The first-order valence-corrected chi connectivity index (χ1v) is 10.4. The van der Waals surface area contributed by atoms with Gasteiger partial charge in [-0.3, -0.25) is 14.9 Å². The average Bonchev–Trinajstić information content (AvgIpc) is 2.73. The number of carbonyl (C=O) groups is 2. The first-order chi connectivity index (χ1) is 15.1. The van der Waals surface area contributed by atoms with Gasteiger partial charge in [0.25, 0.3) is 11.8 Å². The minimum absolute atomic E-state index is 0.0134. The molecule has 0 fully saturated rings. The van der Waals surface area contributed by atoms with Gasteiger partial charge in [0.2, 0.25) is 0 Å². The summed E-state index contributed by atoms with van der Waals surface area (Å²) in [4.78, 5) is 24.8. The summed E-state index contributed by atoms with van der Waals surface area (Å²) in [5.41, 5.74) is 3.17. The van der Waals surface area contributed by atoms with Crippen LogP contribution in [0.1, 0.15) is 47.1 Å². The molecule has 0 aliphatic rings. The number of anilines is 2. The van der Waals surface area contributed by atoms with E-state index in [0.717, 1.165) is 5.56 Å². The van der Waals surface area contributed by atoms with Crippen LogP contribution in [0.3, 0.4) is 0 Å². The van der Waals surface area contributed by atoms with Gasteiger partial charge in [-0.1, -0.05) is 39.0 Å². The monoisotopic (exact) mass is 449 g/mol. The molecule has 0 saturated heterocycles. The zero-order valence-electron chi connectivity index (χ0n) is 18.0. The van der Waals surface area contributed by atoms with E-state index in [4.69, 9.17) is 12.2 Å². The van der Waals surface area contributed by atoms with Crippen LogP contribution >= 0.6 is 12.2 Å². The van der Waals surface area contributed by atoms with Crippen LogP contribution < -0.4 is 16.0 Å². The van der Waals surface area contributed by atoms with Crippen molar-refractivity contribution in [2.24, 2.45) is 0 Å². The molecule has 0 heterocycles. The predicted octanol–water partition coefficient (Wildman–Crippen LogP) is 5.50. The Bertz CT molecular complexity index is 1140. The van der Waals surface area contributed by atoms with Crippen molar-refractivity contribution in [1.82, 2.24) is 5.32 Å². The van der Waals surface area contributed by atoms with Gasteiger partial charge in [0.05, 0.1) is 0 Å². The maximum absolute atomic E-state index is 13.0. The minimum Gasteiger partial charge on any atom is -0.332 e. The van der Waals surface area contributed by atoms with Gasteiger partial charge >= 0.3 is 0 Å². The van der Waals surface area contributed by atoms with Gasteiger partial charge in [0, 0.05) is 22.5 Å². The number of carbonyl (C=O) groups excluding carboxylic acids is 2. The quantitative estimate of drug-likeness (QED) is 0.460. The summed E-state index contributed by atoms with van der Waals surface area (Å²) >= 11 is 5.18. The van der Waals surface area contributed by atoms with Gasteiger partial charge in [0.1, 0.15) is 5.82 Å². The van der Waals surface area contributed by atoms with E-state index >= 15 is 0 Å². The Morgan fingerprint density at radius 2 is 1.31 bits per heavy atom. The Labute approximate surface area is 192 Å². The highest BCUT2D eigenvalue weighted by Gasteiger charge is 2.14. The number of benzene rings is 3. The van der Waals surface area contributed by atoms with Crippen LogP contribution in [0.4, 0.5) is 15.8 Å². The fraction of sp³-hybridized carbons (Fsp3) is 0.160. The van der Waals surface area contributed by atoms with E-state index in [0.29, 0.717) is 16.9 Å². The summed E-state index contributed by atoms with van der Waals surface area (Å²) in [7, 11) is 0. The van der Waals surface area contributed by atoms with Crippen LogP contribution in [0.25, 0.3) is 0 Å². The second kappa shape index (κ2) is 9.70. The average molecular weight is 450 g/mol. The molecule has 3 N–H and O–H groups in total. The van der Waals surface area contributed by atoms with Gasteiger partial charge in [-0.05, 0) is 77.8 Å². The van der Waals surface area contributed by atoms with Crippen molar-refractivity contribution in [3.05, 3.63) is 95.3 Å². The lowest BCUT2D eigenvalue weighted by Crippen LogP contribution is -2.34. The normalized spacial score (nSPS) is 10.9. The molecule has 0 aromatic heterocycles. The molecule has 2 amide bonds. The molecule has 3 aromatic rings. The van der Waals surface area contributed by atoms with Gasteiger partial charge in [0.15, 0.2) is 5.11 Å². The third-order valence-corrected chi connectivity index (χ3v) is 4.93. The summed E-state index contributed by atoms with van der Waals surface area (Å²) in [6, 6.07) is 19.6. The number of thiocarbonyl (C=S) groups is 1. The van der Waals surface area contributed by atoms with Crippen LogP contribution in [0.5, 0.6) is 0 Å². The van der Waals surface area contributed by atoms with Crippen molar-refractivity contribution in [3.63, 3.8) is 0 Å². The summed E-state index contributed by atoms with van der Waals surface area (Å²) < 4.78 is 13.0. The van der Waals surface area contributed by atoms with Crippen LogP contribution in [-0.4, -0.2) is 16.9 Å². The van der Waals surface area contributed by atoms with Gasteiger partial charge in [-0.2, -0.15) is 0 Å². The molecule has 3 aromatic carbocycles. The second-order valence-electron chi connectivity index (χ2n) is 8.28. The lowest BCUT2D eigenvalue weighted by Gasteiger charge is -2.19. The van der Waals surface area contributed by atoms with E-state index in [2.05, 4.69) is 36.7 Å². The number of hydrogen-bond donors (Lipinski definition) is 3. The summed E-state index contributed by atoms with van der Waals surface area (Å²) in [6.07, 6.45) is 0. The Morgan fingerprint density at radius 1 is 0.781 bits per heavy atom. The van der Waals surface area contributed by atoms with Gasteiger partial charge < -0.3 is 10.6 Å². The first-order valence-electron chi connectivity index (χ1n) is 10.0. The molecular formula is C25H24FN3O2S. The number of halogens is 1. The fourth-order valence-corrected chi connectivity index (χ4v) is 3.15. The summed E-state index contributed by atoms with van der Waals surface area (Å²) in [5.74, 6) is -1.10. The molecule has 0 aliphatic carbocycles. The summed E-state index contributed by atoms with van der Waals surface area (Å²) in [5, 5.41) is 8.39. The van der Waals surface area contributed by atoms with Crippen molar-refractivity contribution in [3.8, 4) is 0 Å². The topological polar surface area (TPSA) is 70.2 Å². The molecule has 0 spiro atoms. The van der Waals surface area contributed by atoms with Crippen LogP contribution in [0.2, 0.25) is 0 Å². The molecule has 0 radical (unpaired) electrons. The molecule has 3 rings (SSSR count). The lowest BCUT2D eigenvalue weighted by molar-refractivity contribution is 0.0976. The van der Waals surface area contributed by atoms with Crippen LogP contribution in [-0.2, 0) is 5.41 Å². The van der Waals surface area contributed by atoms with E-state index in [9.17, 15) is 14.0 Å². The number of rotatable bonds is 4. The zero-order chi connectivity index (χ0) is 23.3. The maximum atomic E-state index is 13.0. The third kappa shape index (κ3) is 6.21. The molecule has 0 unspecified atom stereocenters. The van der Waals surface area contributed by atoms with E-state index < -0.39 is 11.7 Å². The van der Waals surface area contributed by atoms with Crippen molar-refractivity contribution in [2.75, 3.05) is 10.6 Å². The highest BCUT2D eigenvalue weighted by atomic mass is 32.1. The molecule has 7 heteroatoms. The number of hydrogen-bond acceptors (Lipinski definition) is 3. The van der Waals surface area contributed by atoms with Crippen molar-refractivity contribution >= 4 is 40.5 Å². The third-order valence-electron chi connectivity index (χ3n) is 4.72. The summed E-state index contributed by atoms with van der Waals surface area (Å²) in [6.45, 7) is 6.35. The van der Waals surface area contributed by atoms with E-state index in [-0.39, 0.29) is 22.0 Å². The fourth-order valence-electron chi connectivity index (χ4n) is 2.94. The smallest absolute Gasteiger partial charge is 0.257 e.